The molecular formula is C21H20N2O3S2. The Morgan fingerprint density at radius 2 is 1.61 bits per heavy atom. The summed E-state index contributed by atoms with van der Waals surface area (Å²) in [5.74, 6) is -0.297. The maximum Gasteiger partial charge on any atom is 0.264 e. The summed E-state index contributed by atoms with van der Waals surface area (Å²) in [5, 5.41) is 2.89. The molecule has 3 rings (SSSR count). The molecule has 0 fully saturated rings. The molecule has 0 saturated carbocycles. The molecule has 1 amide bonds. The molecule has 0 aliphatic heterocycles. The molecule has 5 nitrogen and oxygen atoms in total. The first-order chi connectivity index (χ1) is 13.4. The number of hydrogen-bond acceptors (Lipinski definition) is 4. The molecule has 0 aromatic heterocycles. The van der Waals surface area contributed by atoms with Crippen molar-refractivity contribution in [3.63, 3.8) is 0 Å². The molecule has 0 aliphatic rings. The first-order valence-electron chi connectivity index (χ1n) is 8.52. The summed E-state index contributed by atoms with van der Waals surface area (Å²) in [5.41, 5.74) is 1.51. The van der Waals surface area contributed by atoms with Gasteiger partial charge in [0.1, 0.15) is 0 Å². The molecule has 0 unspecified atom stereocenters. The lowest BCUT2D eigenvalue weighted by Crippen LogP contribution is -2.26. The SMILES string of the molecule is CSc1ccccc1NC(=O)c1cccc(N(C)S(=O)(=O)c2ccccc2)c1. The molecule has 0 aliphatic carbocycles. The van der Waals surface area contributed by atoms with E-state index < -0.39 is 10.0 Å². The smallest absolute Gasteiger partial charge is 0.264 e. The van der Waals surface area contributed by atoms with Gasteiger partial charge >= 0.3 is 0 Å². The first-order valence-corrected chi connectivity index (χ1v) is 11.2. The summed E-state index contributed by atoms with van der Waals surface area (Å²) < 4.78 is 26.8. The van der Waals surface area contributed by atoms with Gasteiger partial charge in [-0.3, -0.25) is 9.10 Å². The molecule has 3 aromatic carbocycles. The summed E-state index contributed by atoms with van der Waals surface area (Å²) in [4.78, 5) is 13.8. The number of amides is 1. The number of thioether (sulfide) groups is 1. The highest BCUT2D eigenvalue weighted by molar-refractivity contribution is 7.98. The van der Waals surface area contributed by atoms with E-state index in [1.165, 1.54) is 23.1 Å². The maximum absolute atomic E-state index is 12.8. The number of anilines is 2. The van der Waals surface area contributed by atoms with Gasteiger partial charge in [-0.25, -0.2) is 8.42 Å². The third kappa shape index (κ3) is 4.21. The first kappa shape index (κ1) is 20.0. The van der Waals surface area contributed by atoms with Gasteiger partial charge in [0.05, 0.1) is 16.3 Å². The van der Waals surface area contributed by atoms with Crippen molar-refractivity contribution < 1.29 is 13.2 Å². The van der Waals surface area contributed by atoms with Crippen LogP contribution in [0.5, 0.6) is 0 Å². The van der Waals surface area contributed by atoms with Crippen LogP contribution in [-0.4, -0.2) is 27.6 Å². The van der Waals surface area contributed by atoms with Crippen LogP contribution in [0.1, 0.15) is 10.4 Å². The standard InChI is InChI=1S/C21H20N2O3S2/c1-23(28(25,26)18-11-4-3-5-12-18)17-10-8-9-16(15-17)21(24)22-19-13-6-7-14-20(19)27-2/h3-15H,1-2H3,(H,22,24). The molecule has 0 radical (unpaired) electrons. The van der Waals surface area contributed by atoms with Crippen LogP contribution in [-0.2, 0) is 10.0 Å². The van der Waals surface area contributed by atoms with E-state index in [4.69, 9.17) is 0 Å². The van der Waals surface area contributed by atoms with Crippen molar-refractivity contribution in [1.82, 2.24) is 0 Å². The normalized spacial score (nSPS) is 11.1. The minimum Gasteiger partial charge on any atom is -0.321 e. The zero-order chi connectivity index (χ0) is 20.1. The Kier molecular flexibility index (Phi) is 6.06. The van der Waals surface area contributed by atoms with Gasteiger partial charge in [0.25, 0.3) is 15.9 Å². The van der Waals surface area contributed by atoms with E-state index in [-0.39, 0.29) is 10.8 Å². The van der Waals surface area contributed by atoms with E-state index in [1.807, 2.05) is 30.5 Å². The number of rotatable bonds is 6. The van der Waals surface area contributed by atoms with Crippen LogP contribution in [0.3, 0.4) is 0 Å². The van der Waals surface area contributed by atoms with Crippen molar-refractivity contribution in [2.24, 2.45) is 0 Å². The molecular weight excluding hydrogens is 392 g/mol. The van der Waals surface area contributed by atoms with Crippen LogP contribution in [0, 0.1) is 0 Å². The monoisotopic (exact) mass is 412 g/mol. The van der Waals surface area contributed by atoms with Gasteiger partial charge in [-0.1, -0.05) is 36.4 Å². The second-order valence-electron chi connectivity index (χ2n) is 5.99. The predicted molar refractivity (Wildman–Crippen MR) is 115 cm³/mol. The second kappa shape index (κ2) is 8.50. The summed E-state index contributed by atoms with van der Waals surface area (Å²) in [6, 6.07) is 22.3. The van der Waals surface area contributed by atoms with Crippen LogP contribution in [0.4, 0.5) is 11.4 Å². The Labute approximate surface area is 169 Å². The Morgan fingerprint density at radius 1 is 0.929 bits per heavy atom. The zero-order valence-electron chi connectivity index (χ0n) is 15.5. The van der Waals surface area contributed by atoms with Crippen molar-refractivity contribution >= 4 is 39.1 Å². The molecule has 7 heteroatoms. The highest BCUT2D eigenvalue weighted by Gasteiger charge is 2.21. The summed E-state index contributed by atoms with van der Waals surface area (Å²) in [7, 11) is -2.23. The van der Waals surface area contributed by atoms with Crippen molar-refractivity contribution in [2.45, 2.75) is 9.79 Å². The van der Waals surface area contributed by atoms with E-state index in [2.05, 4.69) is 5.32 Å². The van der Waals surface area contributed by atoms with E-state index >= 15 is 0 Å². The Balaban J connectivity index is 1.87. The lowest BCUT2D eigenvalue weighted by molar-refractivity contribution is 0.102. The largest absolute Gasteiger partial charge is 0.321 e. The average Bonchev–Trinajstić information content (AvgIpc) is 2.74. The Morgan fingerprint density at radius 3 is 2.32 bits per heavy atom. The Hall–Kier alpha value is -2.77. The van der Waals surface area contributed by atoms with Crippen LogP contribution in [0.2, 0.25) is 0 Å². The lowest BCUT2D eigenvalue weighted by Gasteiger charge is -2.20. The molecule has 3 aromatic rings. The summed E-state index contributed by atoms with van der Waals surface area (Å²) in [6.07, 6.45) is 1.94. The summed E-state index contributed by atoms with van der Waals surface area (Å²) in [6.45, 7) is 0. The van der Waals surface area contributed by atoms with Gasteiger partial charge in [0.15, 0.2) is 0 Å². The van der Waals surface area contributed by atoms with Crippen LogP contribution in [0.25, 0.3) is 0 Å². The van der Waals surface area contributed by atoms with Gasteiger partial charge in [-0.2, -0.15) is 0 Å². The molecule has 1 N–H and O–H groups in total. The fourth-order valence-corrected chi connectivity index (χ4v) is 4.44. The van der Waals surface area contributed by atoms with Gasteiger partial charge in [0, 0.05) is 17.5 Å². The van der Waals surface area contributed by atoms with Crippen molar-refractivity contribution in [3.8, 4) is 0 Å². The average molecular weight is 413 g/mol. The van der Waals surface area contributed by atoms with Crippen molar-refractivity contribution in [3.05, 3.63) is 84.4 Å². The number of nitrogens with zero attached hydrogens (tertiary/aromatic N) is 1. The lowest BCUT2D eigenvalue weighted by atomic mass is 10.2. The second-order valence-corrected chi connectivity index (χ2v) is 8.81. The number of hydrogen-bond donors (Lipinski definition) is 1. The van der Waals surface area contributed by atoms with Crippen molar-refractivity contribution in [2.75, 3.05) is 22.9 Å². The fraction of sp³-hybridized carbons (Fsp3) is 0.0952. The van der Waals surface area contributed by atoms with Gasteiger partial charge in [-0.15, -0.1) is 11.8 Å². The Bertz CT molecular complexity index is 1080. The van der Waals surface area contributed by atoms with E-state index in [0.717, 1.165) is 10.6 Å². The zero-order valence-corrected chi connectivity index (χ0v) is 17.1. The number of sulfonamides is 1. The maximum atomic E-state index is 12.8. The molecule has 0 saturated heterocycles. The quantitative estimate of drug-likeness (QED) is 0.606. The van der Waals surface area contributed by atoms with E-state index in [1.54, 1.807) is 54.6 Å². The van der Waals surface area contributed by atoms with Crippen LogP contribution < -0.4 is 9.62 Å². The van der Waals surface area contributed by atoms with Crippen molar-refractivity contribution in [1.29, 1.82) is 0 Å². The van der Waals surface area contributed by atoms with E-state index in [9.17, 15) is 13.2 Å². The highest BCUT2D eigenvalue weighted by atomic mass is 32.2. The minimum atomic E-state index is -3.71. The summed E-state index contributed by atoms with van der Waals surface area (Å²) >= 11 is 1.54. The molecule has 0 spiro atoms. The molecule has 0 atom stereocenters. The third-order valence-electron chi connectivity index (χ3n) is 4.23. The van der Waals surface area contributed by atoms with Gasteiger partial charge < -0.3 is 5.32 Å². The number of para-hydroxylation sites is 1. The number of nitrogens with one attached hydrogen (secondary N) is 1. The topological polar surface area (TPSA) is 66.5 Å². The molecule has 0 bridgehead atoms. The van der Waals surface area contributed by atoms with E-state index in [0.29, 0.717) is 11.3 Å². The fourth-order valence-electron chi connectivity index (χ4n) is 2.67. The van der Waals surface area contributed by atoms with Gasteiger partial charge in [0.2, 0.25) is 0 Å². The predicted octanol–water partition coefficient (Wildman–Crippen LogP) is 4.49. The third-order valence-corrected chi connectivity index (χ3v) is 6.82. The highest BCUT2D eigenvalue weighted by Crippen LogP contribution is 2.26. The van der Waals surface area contributed by atoms with Crippen LogP contribution in [0.15, 0.2) is 88.7 Å². The molecule has 28 heavy (non-hydrogen) atoms. The van der Waals surface area contributed by atoms with Crippen LogP contribution >= 0.6 is 11.8 Å². The molecule has 144 valence electrons. The minimum absolute atomic E-state index is 0.196. The number of carbonyl (C=O) groups is 1. The number of carbonyl (C=O) groups excluding carboxylic acids is 1. The number of benzene rings is 3. The molecule has 0 heterocycles. The van der Waals surface area contributed by atoms with Gasteiger partial charge in [-0.05, 0) is 48.7 Å².